The predicted octanol–water partition coefficient (Wildman–Crippen LogP) is 3.28. The molecule has 0 saturated heterocycles. The number of hydrogen-bond donors (Lipinski definition) is 2. The van der Waals surface area contributed by atoms with Crippen LogP contribution in [-0.4, -0.2) is 21.5 Å². The van der Waals surface area contributed by atoms with E-state index in [-0.39, 0.29) is 5.82 Å². The van der Waals surface area contributed by atoms with Gasteiger partial charge >= 0.3 is 0 Å². The van der Waals surface area contributed by atoms with Crippen LogP contribution in [0.1, 0.15) is 11.3 Å². The van der Waals surface area contributed by atoms with E-state index in [2.05, 4.69) is 25.6 Å². The second-order valence-electron chi connectivity index (χ2n) is 5.21. The van der Waals surface area contributed by atoms with E-state index in [1.165, 1.54) is 6.07 Å². The fourth-order valence-corrected chi connectivity index (χ4v) is 2.24. The van der Waals surface area contributed by atoms with Gasteiger partial charge < -0.3 is 10.6 Å². The Morgan fingerprint density at radius 2 is 1.75 bits per heavy atom. The maximum atomic E-state index is 13.6. The Balaban J connectivity index is 1.52. The minimum absolute atomic E-state index is 0.189. The lowest BCUT2D eigenvalue weighted by atomic mass is 10.1. The summed E-state index contributed by atoms with van der Waals surface area (Å²) >= 11 is 0. The van der Waals surface area contributed by atoms with E-state index in [1.54, 1.807) is 30.6 Å². The molecule has 0 radical (unpaired) electrons. The molecular formula is C18H18FN5. The quantitative estimate of drug-likeness (QED) is 0.699. The molecule has 5 nitrogen and oxygen atoms in total. The molecule has 0 aliphatic carbocycles. The summed E-state index contributed by atoms with van der Waals surface area (Å²) in [4.78, 5) is 12.8. The first-order valence-corrected chi connectivity index (χ1v) is 7.75. The van der Waals surface area contributed by atoms with Crippen LogP contribution >= 0.6 is 0 Å². The SMILES string of the molecule is Fc1ccccc1CCNc1nccc(NCc2ccccn2)n1. The van der Waals surface area contributed by atoms with E-state index < -0.39 is 0 Å². The van der Waals surface area contributed by atoms with Gasteiger partial charge in [-0.05, 0) is 36.2 Å². The molecule has 0 aliphatic heterocycles. The van der Waals surface area contributed by atoms with Crippen molar-refractivity contribution < 1.29 is 4.39 Å². The fraction of sp³-hybridized carbons (Fsp3) is 0.167. The lowest BCUT2D eigenvalue weighted by Crippen LogP contribution is -2.10. The van der Waals surface area contributed by atoms with Gasteiger partial charge in [0.25, 0.3) is 0 Å². The van der Waals surface area contributed by atoms with Gasteiger partial charge in [-0.2, -0.15) is 4.98 Å². The molecule has 0 amide bonds. The van der Waals surface area contributed by atoms with Crippen LogP contribution < -0.4 is 10.6 Å². The number of nitrogens with zero attached hydrogens (tertiary/aromatic N) is 3. The highest BCUT2D eigenvalue weighted by Gasteiger charge is 2.02. The number of hydrogen-bond acceptors (Lipinski definition) is 5. The van der Waals surface area contributed by atoms with Crippen molar-refractivity contribution in [3.05, 3.63) is 78.0 Å². The maximum absolute atomic E-state index is 13.6. The van der Waals surface area contributed by atoms with Crippen molar-refractivity contribution in [3.63, 3.8) is 0 Å². The van der Waals surface area contributed by atoms with Crippen LogP contribution in [0, 0.1) is 5.82 Å². The number of rotatable bonds is 7. The van der Waals surface area contributed by atoms with Crippen molar-refractivity contribution in [3.8, 4) is 0 Å². The number of aromatic nitrogens is 3. The van der Waals surface area contributed by atoms with Gasteiger partial charge in [-0.25, -0.2) is 9.37 Å². The molecular weight excluding hydrogens is 305 g/mol. The summed E-state index contributed by atoms with van der Waals surface area (Å²) in [6, 6.07) is 14.3. The van der Waals surface area contributed by atoms with Gasteiger partial charge in [0, 0.05) is 18.9 Å². The Morgan fingerprint density at radius 1 is 0.875 bits per heavy atom. The van der Waals surface area contributed by atoms with Crippen molar-refractivity contribution in [1.82, 2.24) is 15.0 Å². The van der Waals surface area contributed by atoms with E-state index in [0.717, 1.165) is 5.69 Å². The van der Waals surface area contributed by atoms with Crippen LogP contribution in [0.15, 0.2) is 60.9 Å². The van der Waals surface area contributed by atoms with E-state index in [0.29, 0.717) is 36.8 Å². The standard InChI is InChI=1S/C18H18FN5/c19-16-7-2-1-5-14(16)8-11-21-18-22-12-9-17(24-18)23-13-15-6-3-4-10-20-15/h1-7,9-10,12H,8,11,13H2,(H2,21,22,23,24). The molecule has 0 unspecified atom stereocenters. The average molecular weight is 323 g/mol. The third-order valence-corrected chi connectivity index (χ3v) is 3.47. The number of pyridine rings is 1. The maximum Gasteiger partial charge on any atom is 0.224 e. The molecule has 122 valence electrons. The van der Waals surface area contributed by atoms with Gasteiger partial charge in [0.2, 0.25) is 5.95 Å². The first-order chi connectivity index (χ1) is 11.8. The Morgan fingerprint density at radius 3 is 2.58 bits per heavy atom. The summed E-state index contributed by atoms with van der Waals surface area (Å²) in [5.41, 5.74) is 1.61. The fourth-order valence-electron chi connectivity index (χ4n) is 2.24. The lowest BCUT2D eigenvalue weighted by Gasteiger charge is -2.08. The number of benzene rings is 1. The van der Waals surface area contributed by atoms with Gasteiger partial charge in [-0.1, -0.05) is 24.3 Å². The van der Waals surface area contributed by atoms with Crippen LogP contribution in [0.25, 0.3) is 0 Å². The molecule has 0 saturated carbocycles. The second-order valence-corrected chi connectivity index (χ2v) is 5.21. The highest BCUT2D eigenvalue weighted by Crippen LogP contribution is 2.09. The minimum atomic E-state index is -0.189. The highest BCUT2D eigenvalue weighted by atomic mass is 19.1. The largest absolute Gasteiger partial charge is 0.364 e. The Hall–Kier alpha value is -3.02. The van der Waals surface area contributed by atoms with Crippen LogP contribution in [0.2, 0.25) is 0 Å². The summed E-state index contributed by atoms with van der Waals surface area (Å²) in [5, 5.41) is 6.32. The molecule has 0 aliphatic rings. The van der Waals surface area contributed by atoms with Gasteiger partial charge in [0.15, 0.2) is 0 Å². The van der Waals surface area contributed by atoms with Crippen molar-refractivity contribution in [2.75, 3.05) is 17.2 Å². The summed E-state index contributed by atoms with van der Waals surface area (Å²) in [6.07, 6.45) is 4.01. The molecule has 3 rings (SSSR count). The Bertz CT molecular complexity index is 779. The molecule has 0 bridgehead atoms. The van der Waals surface area contributed by atoms with Gasteiger partial charge in [-0.3, -0.25) is 4.98 Å². The van der Waals surface area contributed by atoms with Crippen LogP contribution in [0.4, 0.5) is 16.2 Å². The predicted molar refractivity (Wildman–Crippen MR) is 92.2 cm³/mol. The zero-order valence-electron chi connectivity index (χ0n) is 13.1. The molecule has 1 aromatic carbocycles. The Labute approximate surface area is 140 Å². The third kappa shape index (κ3) is 4.49. The van der Waals surface area contributed by atoms with Gasteiger partial charge in [-0.15, -0.1) is 0 Å². The van der Waals surface area contributed by atoms with E-state index in [4.69, 9.17) is 0 Å². The molecule has 24 heavy (non-hydrogen) atoms. The highest BCUT2D eigenvalue weighted by molar-refractivity contribution is 5.40. The number of halogens is 1. The molecule has 6 heteroatoms. The number of nitrogens with one attached hydrogen (secondary N) is 2. The number of anilines is 2. The summed E-state index contributed by atoms with van der Waals surface area (Å²) < 4.78 is 13.6. The van der Waals surface area contributed by atoms with Gasteiger partial charge in [0.1, 0.15) is 11.6 Å². The Kier molecular flexibility index (Phi) is 5.29. The summed E-state index contributed by atoms with van der Waals surface area (Å²) in [5.74, 6) is 1.03. The van der Waals surface area contributed by atoms with Crippen LogP contribution in [0.3, 0.4) is 0 Å². The molecule has 2 heterocycles. The topological polar surface area (TPSA) is 62.7 Å². The normalized spacial score (nSPS) is 10.4. The molecule has 3 aromatic rings. The monoisotopic (exact) mass is 323 g/mol. The summed E-state index contributed by atoms with van der Waals surface area (Å²) in [7, 11) is 0. The molecule has 2 N–H and O–H groups in total. The molecule has 2 aromatic heterocycles. The lowest BCUT2D eigenvalue weighted by molar-refractivity contribution is 0.610. The molecule has 0 fully saturated rings. The van der Waals surface area contributed by atoms with Crippen LogP contribution in [0.5, 0.6) is 0 Å². The molecule has 0 spiro atoms. The van der Waals surface area contributed by atoms with Crippen molar-refractivity contribution >= 4 is 11.8 Å². The van der Waals surface area contributed by atoms with E-state index in [9.17, 15) is 4.39 Å². The average Bonchev–Trinajstić information content (AvgIpc) is 2.63. The zero-order chi connectivity index (χ0) is 16.6. The molecule has 0 atom stereocenters. The van der Waals surface area contributed by atoms with Crippen molar-refractivity contribution in [2.24, 2.45) is 0 Å². The first-order valence-electron chi connectivity index (χ1n) is 7.75. The van der Waals surface area contributed by atoms with E-state index >= 15 is 0 Å². The second kappa shape index (κ2) is 8.01. The zero-order valence-corrected chi connectivity index (χ0v) is 13.1. The minimum Gasteiger partial charge on any atom is -0.364 e. The van der Waals surface area contributed by atoms with E-state index in [1.807, 2.05) is 24.3 Å². The van der Waals surface area contributed by atoms with Crippen LogP contribution in [-0.2, 0) is 13.0 Å². The smallest absolute Gasteiger partial charge is 0.224 e. The van der Waals surface area contributed by atoms with Gasteiger partial charge in [0.05, 0.1) is 12.2 Å². The summed E-state index contributed by atoms with van der Waals surface area (Å²) in [6.45, 7) is 1.15. The van der Waals surface area contributed by atoms with Crippen molar-refractivity contribution in [2.45, 2.75) is 13.0 Å². The first kappa shape index (κ1) is 15.9. The third-order valence-electron chi connectivity index (χ3n) is 3.47. The van der Waals surface area contributed by atoms with Crippen molar-refractivity contribution in [1.29, 1.82) is 0 Å².